The van der Waals surface area contributed by atoms with Crippen molar-refractivity contribution in [2.24, 2.45) is 28.1 Å². The summed E-state index contributed by atoms with van der Waals surface area (Å²) in [4.78, 5) is 0. The molecule has 0 amide bonds. The Balaban J connectivity index is 1.68. The van der Waals surface area contributed by atoms with Crippen LogP contribution in [0.15, 0.2) is 34.4 Å². The quantitative estimate of drug-likeness (QED) is 0.366. The van der Waals surface area contributed by atoms with E-state index >= 15 is 0 Å². The van der Waals surface area contributed by atoms with Crippen LogP contribution in [0.25, 0.3) is 0 Å². The van der Waals surface area contributed by atoms with Crippen LogP contribution in [0.4, 0.5) is 0 Å². The lowest BCUT2D eigenvalue weighted by Gasteiger charge is -2.55. The van der Waals surface area contributed by atoms with E-state index in [1.54, 1.807) is 5.57 Å². The lowest BCUT2D eigenvalue weighted by Crippen LogP contribution is -2.45. The Morgan fingerprint density at radius 1 is 0.933 bits per heavy atom. The molecular formula is C30H50. The fourth-order valence-corrected chi connectivity index (χ4v) is 7.71. The van der Waals surface area contributed by atoms with Crippen LogP contribution in [-0.4, -0.2) is 0 Å². The van der Waals surface area contributed by atoms with Gasteiger partial charge in [0.15, 0.2) is 0 Å². The molecule has 1 fully saturated rings. The minimum atomic E-state index is 0.453. The van der Waals surface area contributed by atoms with Crippen molar-refractivity contribution in [3.8, 4) is 0 Å². The molecule has 0 nitrogen and oxygen atoms in total. The predicted molar refractivity (Wildman–Crippen MR) is 134 cm³/mol. The molecule has 3 aliphatic rings. The van der Waals surface area contributed by atoms with Crippen molar-refractivity contribution in [3.63, 3.8) is 0 Å². The molecule has 0 aromatic rings. The Labute approximate surface area is 188 Å². The molecule has 3 aliphatic carbocycles. The third-order valence-corrected chi connectivity index (χ3v) is 9.82. The van der Waals surface area contributed by atoms with E-state index in [1.165, 1.54) is 76.2 Å². The third kappa shape index (κ3) is 4.54. The molecule has 0 heteroatoms. The minimum absolute atomic E-state index is 0.453. The van der Waals surface area contributed by atoms with Gasteiger partial charge in [-0.2, -0.15) is 0 Å². The molecule has 0 radical (unpaired) electrons. The van der Waals surface area contributed by atoms with Crippen molar-refractivity contribution >= 4 is 0 Å². The number of hydrogen-bond donors (Lipinski definition) is 0. The molecule has 1 saturated carbocycles. The molecule has 0 unspecified atom stereocenters. The van der Waals surface area contributed by atoms with E-state index < -0.39 is 0 Å². The average Bonchev–Trinajstić information content (AvgIpc) is 3.00. The van der Waals surface area contributed by atoms with Crippen LogP contribution >= 0.6 is 0 Å². The summed E-state index contributed by atoms with van der Waals surface area (Å²) in [7, 11) is 0. The van der Waals surface area contributed by atoms with Crippen molar-refractivity contribution in [2.75, 3.05) is 0 Å². The lowest BCUT2D eigenvalue weighted by atomic mass is 9.49. The monoisotopic (exact) mass is 410 g/mol. The maximum absolute atomic E-state index is 2.65. The second-order valence-corrected chi connectivity index (χ2v) is 12.6. The van der Waals surface area contributed by atoms with E-state index in [0.717, 1.165) is 11.8 Å². The van der Waals surface area contributed by atoms with Gasteiger partial charge in [-0.25, -0.2) is 0 Å². The van der Waals surface area contributed by atoms with Crippen LogP contribution in [-0.2, 0) is 0 Å². The number of rotatable bonds is 7. The molecule has 0 aromatic carbocycles. The third-order valence-electron chi connectivity index (χ3n) is 9.82. The van der Waals surface area contributed by atoms with Gasteiger partial charge in [-0.1, -0.05) is 75.5 Å². The van der Waals surface area contributed by atoms with E-state index in [4.69, 9.17) is 0 Å². The molecule has 3 rings (SSSR count). The van der Waals surface area contributed by atoms with Crippen molar-refractivity contribution < 1.29 is 0 Å². The summed E-state index contributed by atoms with van der Waals surface area (Å²) in [6.45, 7) is 19.7. The highest BCUT2D eigenvalue weighted by molar-refractivity contribution is 5.37. The van der Waals surface area contributed by atoms with Gasteiger partial charge in [-0.15, -0.1) is 0 Å². The Morgan fingerprint density at radius 3 is 2.37 bits per heavy atom. The Hall–Kier alpha value is -0.780. The normalized spacial score (nSPS) is 34.4. The summed E-state index contributed by atoms with van der Waals surface area (Å²) < 4.78 is 0. The van der Waals surface area contributed by atoms with Gasteiger partial charge in [0.25, 0.3) is 0 Å². The van der Waals surface area contributed by atoms with Crippen LogP contribution in [0, 0.1) is 28.1 Å². The molecule has 0 heterocycles. The van der Waals surface area contributed by atoms with Crippen LogP contribution in [0.1, 0.15) is 126 Å². The molecule has 30 heavy (non-hydrogen) atoms. The van der Waals surface area contributed by atoms with E-state index in [0.29, 0.717) is 16.2 Å². The molecular weight excluding hydrogens is 360 g/mol. The largest absolute Gasteiger partial charge is 0.0856 e. The zero-order chi connectivity index (χ0) is 22.2. The first kappa shape index (κ1) is 23.9. The average molecular weight is 411 g/mol. The Kier molecular flexibility index (Phi) is 7.16. The summed E-state index contributed by atoms with van der Waals surface area (Å²) >= 11 is 0. The van der Waals surface area contributed by atoms with Gasteiger partial charge in [0, 0.05) is 0 Å². The molecule has 0 N–H and O–H groups in total. The molecule has 0 aliphatic heterocycles. The van der Waals surface area contributed by atoms with Crippen molar-refractivity contribution in [1.82, 2.24) is 0 Å². The maximum Gasteiger partial charge on any atom is -0.00800 e. The maximum atomic E-state index is 2.65. The van der Waals surface area contributed by atoms with Crippen molar-refractivity contribution in [3.05, 3.63) is 34.4 Å². The number of allylic oxidation sites excluding steroid dienone is 6. The predicted octanol–water partition coefficient (Wildman–Crippen LogP) is 9.82. The number of hydrogen-bond acceptors (Lipinski definition) is 0. The van der Waals surface area contributed by atoms with Gasteiger partial charge in [-0.3, -0.25) is 0 Å². The molecule has 0 spiro atoms. The Morgan fingerprint density at radius 2 is 1.67 bits per heavy atom. The van der Waals surface area contributed by atoms with Crippen LogP contribution in [0.3, 0.4) is 0 Å². The second kappa shape index (κ2) is 8.99. The Bertz CT molecular complexity index is 710. The standard InChI is InChI=1S/C30H50/c1-22(2)12-9-13-23(3)14-10-15-24(4)29(7)21-18-26-25(29)16-17-27-28(5,6)19-11-20-30(26,27)8/h12,14,24,27H,9-11,13,15-21H2,1-8H3/b23-14+/t24-,27+,29+,30+/m0/s1. The lowest BCUT2D eigenvalue weighted by molar-refractivity contribution is 0.0106. The smallest absolute Gasteiger partial charge is 0.00800 e. The summed E-state index contributed by atoms with van der Waals surface area (Å²) in [6, 6.07) is 0. The minimum Gasteiger partial charge on any atom is -0.0856 e. The van der Waals surface area contributed by atoms with E-state index in [9.17, 15) is 0 Å². The molecule has 170 valence electrons. The zero-order valence-electron chi connectivity index (χ0n) is 21.6. The van der Waals surface area contributed by atoms with Gasteiger partial charge in [0.2, 0.25) is 0 Å². The topological polar surface area (TPSA) is 0 Å². The van der Waals surface area contributed by atoms with Crippen molar-refractivity contribution in [1.29, 1.82) is 0 Å². The molecule has 4 atom stereocenters. The molecule has 0 saturated heterocycles. The van der Waals surface area contributed by atoms with Crippen molar-refractivity contribution in [2.45, 2.75) is 126 Å². The van der Waals surface area contributed by atoms with Crippen LogP contribution in [0.5, 0.6) is 0 Å². The SMILES string of the molecule is CC(C)=CCC/C(C)=C/CC[C@H](C)[C@@]1(C)CCC2=C1CC[C@@H]1C(C)(C)CCC[C@]21C. The highest BCUT2D eigenvalue weighted by atomic mass is 14.6. The van der Waals surface area contributed by atoms with Gasteiger partial charge in [-0.05, 0) is 113 Å². The molecule has 0 aromatic heterocycles. The van der Waals surface area contributed by atoms with Crippen LogP contribution in [0.2, 0.25) is 0 Å². The second-order valence-electron chi connectivity index (χ2n) is 12.6. The van der Waals surface area contributed by atoms with Gasteiger partial charge in [0.05, 0.1) is 0 Å². The summed E-state index contributed by atoms with van der Waals surface area (Å²) in [5.41, 5.74) is 8.34. The summed E-state index contributed by atoms with van der Waals surface area (Å²) in [5, 5.41) is 0. The highest BCUT2D eigenvalue weighted by Gasteiger charge is 2.55. The summed E-state index contributed by atoms with van der Waals surface area (Å²) in [6.07, 6.45) is 19.9. The first-order valence-electron chi connectivity index (χ1n) is 13.0. The van der Waals surface area contributed by atoms with E-state index in [2.05, 4.69) is 67.5 Å². The van der Waals surface area contributed by atoms with Gasteiger partial charge in [0.1, 0.15) is 0 Å². The fraction of sp³-hybridized carbons (Fsp3) is 0.800. The summed E-state index contributed by atoms with van der Waals surface area (Å²) in [5.74, 6) is 1.70. The highest BCUT2D eigenvalue weighted by Crippen LogP contribution is 2.66. The molecule has 0 bridgehead atoms. The van der Waals surface area contributed by atoms with Crippen LogP contribution < -0.4 is 0 Å². The van der Waals surface area contributed by atoms with E-state index in [1.807, 2.05) is 11.1 Å². The fourth-order valence-electron chi connectivity index (χ4n) is 7.71. The van der Waals surface area contributed by atoms with Gasteiger partial charge >= 0.3 is 0 Å². The van der Waals surface area contributed by atoms with Gasteiger partial charge < -0.3 is 0 Å². The number of fused-ring (bicyclic) bond motifs is 2. The first-order valence-corrected chi connectivity index (χ1v) is 13.0. The van der Waals surface area contributed by atoms with E-state index in [-0.39, 0.29) is 0 Å². The first-order chi connectivity index (χ1) is 14.0. The zero-order valence-corrected chi connectivity index (χ0v) is 21.6.